The fourth-order valence-electron chi connectivity index (χ4n) is 3.00. The second-order valence-electron chi connectivity index (χ2n) is 5.52. The van der Waals surface area contributed by atoms with Gasteiger partial charge >= 0.3 is 5.97 Å². The fourth-order valence-corrected chi connectivity index (χ4v) is 3.00. The largest absolute Gasteiger partial charge is 0.475 e. The van der Waals surface area contributed by atoms with Crippen molar-refractivity contribution in [2.45, 2.75) is 51.6 Å². The number of furan rings is 1. The van der Waals surface area contributed by atoms with E-state index >= 15 is 0 Å². The molecule has 1 heterocycles. The third kappa shape index (κ3) is 3.61. The average molecular weight is 281 g/mol. The van der Waals surface area contributed by atoms with Crippen LogP contribution in [0.1, 0.15) is 54.0 Å². The van der Waals surface area contributed by atoms with Crippen LogP contribution in [-0.4, -0.2) is 40.3 Å². The number of carbonyl (C=O) groups is 1. The minimum Gasteiger partial charge on any atom is -0.475 e. The first-order valence-electron chi connectivity index (χ1n) is 7.29. The van der Waals surface area contributed by atoms with E-state index in [0.717, 1.165) is 12.8 Å². The summed E-state index contributed by atoms with van der Waals surface area (Å²) in [5.41, 5.74) is 0.653. The summed E-state index contributed by atoms with van der Waals surface area (Å²) in [6.45, 7) is 3.03. The van der Waals surface area contributed by atoms with E-state index in [1.165, 1.54) is 19.3 Å². The Morgan fingerprint density at radius 2 is 2.10 bits per heavy atom. The quantitative estimate of drug-likeness (QED) is 0.837. The summed E-state index contributed by atoms with van der Waals surface area (Å²) in [6, 6.07) is 2.26. The molecule has 0 amide bonds. The van der Waals surface area contributed by atoms with Crippen molar-refractivity contribution < 1.29 is 19.4 Å². The average Bonchev–Trinajstić information content (AvgIpc) is 2.80. The number of rotatable bonds is 6. The zero-order chi connectivity index (χ0) is 14.5. The van der Waals surface area contributed by atoms with E-state index in [-0.39, 0.29) is 12.4 Å². The van der Waals surface area contributed by atoms with Crippen LogP contribution in [0, 0.1) is 6.92 Å². The van der Waals surface area contributed by atoms with Gasteiger partial charge in [-0.05, 0) is 25.8 Å². The Kier molecular flexibility index (Phi) is 5.20. The lowest BCUT2D eigenvalue weighted by molar-refractivity contribution is 0.0652. The second kappa shape index (κ2) is 6.90. The number of nitrogens with zero attached hydrogens (tertiary/aromatic N) is 1. The van der Waals surface area contributed by atoms with Gasteiger partial charge in [-0.2, -0.15) is 0 Å². The van der Waals surface area contributed by atoms with Crippen LogP contribution in [-0.2, 0) is 6.54 Å². The van der Waals surface area contributed by atoms with E-state index in [1.54, 1.807) is 13.0 Å². The zero-order valence-corrected chi connectivity index (χ0v) is 12.0. The normalized spacial score (nSPS) is 16.8. The van der Waals surface area contributed by atoms with Crippen molar-refractivity contribution in [2.24, 2.45) is 0 Å². The van der Waals surface area contributed by atoms with Crippen molar-refractivity contribution in [1.29, 1.82) is 0 Å². The third-order valence-corrected chi connectivity index (χ3v) is 4.00. The number of carboxylic acid groups (broad SMARTS) is 1. The van der Waals surface area contributed by atoms with Gasteiger partial charge in [0.2, 0.25) is 5.76 Å². The molecule has 2 N–H and O–H groups in total. The Morgan fingerprint density at radius 1 is 1.40 bits per heavy atom. The van der Waals surface area contributed by atoms with Crippen LogP contribution in [0.15, 0.2) is 10.5 Å². The molecule has 1 aromatic heterocycles. The number of hydrogen-bond donors (Lipinski definition) is 2. The van der Waals surface area contributed by atoms with Gasteiger partial charge in [-0.1, -0.05) is 19.3 Å². The molecule has 1 saturated carbocycles. The molecular formula is C15H23NO4. The monoisotopic (exact) mass is 281 g/mol. The standard InChI is InChI=1S/C15H23NO4/c1-11-9-13(20-14(11)15(18)19)10-16(7-8-17)12-5-3-2-4-6-12/h9,12,17H,2-8,10H2,1H3,(H,18,19). The summed E-state index contributed by atoms with van der Waals surface area (Å²) < 4.78 is 5.42. The molecule has 0 aliphatic heterocycles. The van der Waals surface area contributed by atoms with Crippen LogP contribution in [0.2, 0.25) is 0 Å². The fraction of sp³-hybridized carbons (Fsp3) is 0.667. The van der Waals surface area contributed by atoms with E-state index in [9.17, 15) is 9.90 Å². The van der Waals surface area contributed by atoms with Gasteiger partial charge in [0.15, 0.2) is 0 Å². The van der Waals surface area contributed by atoms with Crippen molar-refractivity contribution in [3.05, 3.63) is 23.2 Å². The number of carboxylic acids is 1. The summed E-state index contributed by atoms with van der Waals surface area (Å²) in [7, 11) is 0. The summed E-state index contributed by atoms with van der Waals surface area (Å²) in [5.74, 6) is -0.341. The Bertz CT molecular complexity index is 449. The Morgan fingerprint density at radius 3 is 2.65 bits per heavy atom. The van der Waals surface area contributed by atoms with E-state index in [2.05, 4.69) is 4.90 Å². The molecule has 0 bridgehead atoms. The van der Waals surface area contributed by atoms with E-state index in [0.29, 0.717) is 30.5 Å². The molecule has 0 saturated heterocycles. The molecule has 112 valence electrons. The lowest BCUT2D eigenvalue weighted by Crippen LogP contribution is -2.38. The first kappa shape index (κ1) is 15.1. The summed E-state index contributed by atoms with van der Waals surface area (Å²) >= 11 is 0. The zero-order valence-electron chi connectivity index (χ0n) is 12.0. The highest BCUT2D eigenvalue weighted by Gasteiger charge is 2.23. The highest BCUT2D eigenvalue weighted by atomic mass is 16.4. The SMILES string of the molecule is Cc1cc(CN(CCO)C2CCCCC2)oc1C(=O)O. The predicted octanol–water partition coefficient (Wildman–Crippen LogP) is 2.41. The second-order valence-corrected chi connectivity index (χ2v) is 5.52. The van der Waals surface area contributed by atoms with Crippen LogP contribution >= 0.6 is 0 Å². The van der Waals surface area contributed by atoms with Crippen LogP contribution in [0.25, 0.3) is 0 Å². The molecule has 1 aliphatic rings. The van der Waals surface area contributed by atoms with Crippen molar-refractivity contribution in [2.75, 3.05) is 13.2 Å². The number of aliphatic hydroxyl groups is 1. The highest BCUT2D eigenvalue weighted by Crippen LogP contribution is 2.25. The van der Waals surface area contributed by atoms with Crippen LogP contribution < -0.4 is 0 Å². The summed E-state index contributed by atoms with van der Waals surface area (Å²) in [6.07, 6.45) is 6.03. The number of aliphatic hydroxyl groups excluding tert-OH is 1. The van der Waals surface area contributed by atoms with Crippen LogP contribution in [0.3, 0.4) is 0 Å². The molecule has 20 heavy (non-hydrogen) atoms. The molecule has 5 heteroatoms. The van der Waals surface area contributed by atoms with Gasteiger partial charge in [0, 0.05) is 18.2 Å². The molecular weight excluding hydrogens is 258 g/mol. The van der Waals surface area contributed by atoms with Crippen molar-refractivity contribution in [3.63, 3.8) is 0 Å². The van der Waals surface area contributed by atoms with Gasteiger partial charge in [-0.25, -0.2) is 4.79 Å². The Balaban J connectivity index is 2.07. The minimum absolute atomic E-state index is 0.0209. The molecule has 0 unspecified atom stereocenters. The molecule has 1 fully saturated rings. The molecule has 2 rings (SSSR count). The third-order valence-electron chi connectivity index (χ3n) is 4.00. The van der Waals surface area contributed by atoms with Gasteiger partial charge in [0.1, 0.15) is 5.76 Å². The minimum atomic E-state index is -1.03. The van der Waals surface area contributed by atoms with E-state index in [1.807, 2.05) is 0 Å². The van der Waals surface area contributed by atoms with Gasteiger partial charge < -0.3 is 14.6 Å². The summed E-state index contributed by atoms with van der Waals surface area (Å²) in [5, 5.41) is 18.2. The maximum Gasteiger partial charge on any atom is 0.372 e. The maximum absolute atomic E-state index is 11.0. The van der Waals surface area contributed by atoms with Gasteiger partial charge in [-0.15, -0.1) is 0 Å². The van der Waals surface area contributed by atoms with E-state index in [4.69, 9.17) is 9.52 Å². The van der Waals surface area contributed by atoms with Crippen LogP contribution in [0.4, 0.5) is 0 Å². The van der Waals surface area contributed by atoms with Gasteiger partial charge in [0.05, 0.1) is 13.2 Å². The molecule has 0 atom stereocenters. The molecule has 1 aromatic rings. The van der Waals surface area contributed by atoms with Crippen LogP contribution in [0.5, 0.6) is 0 Å². The lowest BCUT2D eigenvalue weighted by Gasteiger charge is -2.33. The number of hydrogen-bond acceptors (Lipinski definition) is 4. The molecule has 5 nitrogen and oxygen atoms in total. The molecule has 0 spiro atoms. The molecule has 0 radical (unpaired) electrons. The first-order chi connectivity index (χ1) is 9.61. The van der Waals surface area contributed by atoms with Crippen molar-refractivity contribution in [1.82, 2.24) is 4.90 Å². The number of aryl methyl sites for hydroxylation is 1. The summed E-state index contributed by atoms with van der Waals surface area (Å²) in [4.78, 5) is 13.2. The van der Waals surface area contributed by atoms with E-state index < -0.39 is 5.97 Å². The lowest BCUT2D eigenvalue weighted by atomic mass is 9.94. The first-order valence-corrected chi connectivity index (χ1v) is 7.29. The van der Waals surface area contributed by atoms with Gasteiger partial charge in [-0.3, -0.25) is 4.90 Å². The highest BCUT2D eigenvalue weighted by molar-refractivity contribution is 5.86. The van der Waals surface area contributed by atoms with Gasteiger partial charge in [0.25, 0.3) is 0 Å². The van der Waals surface area contributed by atoms with Crippen molar-refractivity contribution in [3.8, 4) is 0 Å². The predicted molar refractivity (Wildman–Crippen MR) is 74.8 cm³/mol. The smallest absolute Gasteiger partial charge is 0.372 e. The maximum atomic E-state index is 11.0. The molecule has 1 aliphatic carbocycles. The topological polar surface area (TPSA) is 73.9 Å². The Hall–Kier alpha value is -1.33. The molecule has 0 aromatic carbocycles. The number of aromatic carboxylic acids is 1. The Labute approximate surface area is 119 Å². The van der Waals surface area contributed by atoms with Crippen molar-refractivity contribution >= 4 is 5.97 Å².